The van der Waals surface area contributed by atoms with Crippen LogP contribution >= 0.6 is 0 Å². The Morgan fingerprint density at radius 3 is 2.79 bits per heavy atom. The number of benzene rings is 1. The number of halogens is 3. The molecule has 13 heteroatoms. The number of fused-ring (bicyclic) bond motifs is 1. The van der Waals surface area contributed by atoms with Crippen LogP contribution in [0.25, 0.3) is 16.9 Å². The van der Waals surface area contributed by atoms with Gasteiger partial charge in [0.1, 0.15) is 6.54 Å². The summed E-state index contributed by atoms with van der Waals surface area (Å²) >= 11 is 0. The van der Waals surface area contributed by atoms with Gasteiger partial charge in [0.2, 0.25) is 0 Å². The van der Waals surface area contributed by atoms with Gasteiger partial charge in [-0.1, -0.05) is 5.92 Å². The fraction of sp³-hybridized carbons (Fsp3) is 0.280. The van der Waals surface area contributed by atoms with Crippen LogP contribution in [0, 0.1) is 19.3 Å². The minimum absolute atomic E-state index is 0.108. The minimum Gasteiger partial charge on any atom is -0.378 e. The number of anilines is 2. The number of imidazole rings is 1. The molecule has 1 aromatic carbocycles. The number of ether oxygens (including phenoxy) is 1. The summed E-state index contributed by atoms with van der Waals surface area (Å²) in [4.78, 5) is 21.1. The van der Waals surface area contributed by atoms with Crippen LogP contribution in [-0.4, -0.2) is 56.4 Å². The maximum absolute atomic E-state index is 13.7. The molecule has 3 heterocycles. The van der Waals surface area contributed by atoms with Gasteiger partial charge in [0.15, 0.2) is 17.2 Å². The second kappa shape index (κ2) is 11.3. The summed E-state index contributed by atoms with van der Waals surface area (Å²) in [5.74, 6) is 2.36. The van der Waals surface area contributed by atoms with E-state index in [1.165, 1.54) is 29.2 Å². The number of nitrogens with zero attached hydrogens (tertiary/aromatic N) is 5. The molecule has 198 valence electrons. The molecule has 3 aromatic heterocycles. The van der Waals surface area contributed by atoms with E-state index in [1.807, 2.05) is 0 Å². The number of rotatable bonds is 10. The van der Waals surface area contributed by atoms with Gasteiger partial charge in [0, 0.05) is 42.9 Å². The van der Waals surface area contributed by atoms with Crippen molar-refractivity contribution in [1.82, 2.24) is 29.5 Å². The van der Waals surface area contributed by atoms with Crippen molar-refractivity contribution in [2.24, 2.45) is 5.73 Å². The molecule has 4 aromatic rings. The molecular weight excluding hydrogens is 501 g/mol. The molecule has 0 fully saturated rings. The van der Waals surface area contributed by atoms with Crippen LogP contribution in [-0.2, 0) is 17.5 Å². The highest BCUT2D eigenvalue weighted by molar-refractivity contribution is 5.96. The zero-order valence-electron chi connectivity index (χ0n) is 20.4. The van der Waals surface area contributed by atoms with Gasteiger partial charge in [-0.3, -0.25) is 13.9 Å². The number of hydrogen-bond donors (Lipinski definition) is 3. The first-order chi connectivity index (χ1) is 18.2. The van der Waals surface area contributed by atoms with Crippen molar-refractivity contribution in [3.05, 3.63) is 59.8 Å². The van der Waals surface area contributed by atoms with Crippen molar-refractivity contribution in [3.8, 4) is 23.6 Å². The molecule has 0 saturated carbocycles. The quantitative estimate of drug-likeness (QED) is 0.214. The minimum atomic E-state index is -4.68. The second-order valence-electron chi connectivity index (χ2n) is 8.22. The lowest BCUT2D eigenvalue weighted by atomic mass is 10.1. The lowest BCUT2D eigenvalue weighted by Gasteiger charge is -2.12. The highest BCUT2D eigenvalue weighted by Gasteiger charge is 2.38. The normalized spacial score (nSPS) is 11.5. The molecule has 0 aliphatic carbocycles. The molecule has 10 nitrogen and oxygen atoms in total. The van der Waals surface area contributed by atoms with Crippen molar-refractivity contribution in [1.29, 1.82) is 0 Å². The van der Waals surface area contributed by atoms with Gasteiger partial charge < -0.3 is 21.1 Å². The molecule has 38 heavy (non-hydrogen) atoms. The van der Waals surface area contributed by atoms with Gasteiger partial charge in [0.05, 0.1) is 30.7 Å². The van der Waals surface area contributed by atoms with Crippen molar-refractivity contribution >= 4 is 23.1 Å². The SMILES string of the molecule is C#CCn1cc(-c2cnc3c(Nc4ccc(C(=O)NCCOCCN)c(C)c4)nccn23)c(C(F)(F)F)n1. The first kappa shape index (κ1) is 26.6. The largest absolute Gasteiger partial charge is 0.435 e. The van der Waals surface area contributed by atoms with Gasteiger partial charge in [-0.05, 0) is 30.7 Å². The van der Waals surface area contributed by atoms with E-state index in [0.29, 0.717) is 54.6 Å². The molecule has 0 aliphatic rings. The van der Waals surface area contributed by atoms with E-state index in [4.69, 9.17) is 16.9 Å². The van der Waals surface area contributed by atoms with Crippen molar-refractivity contribution in [2.45, 2.75) is 19.6 Å². The smallest absolute Gasteiger partial charge is 0.378 e. The van der Waals surface area contributed by atoms with E-state index in [9.17, 15) is 18.0 Å². The average molecular weight is 527 g/mol. The highest BCUT2D eigenvalue weighted by atomic mass is 19.4. The number of alkyl halides is 3. The van der Waals surface area contributed by atoms with Gasteiger partial charge in [-0.25, -0.2) is 9.97 Å². The van der Waals surface area contributed by atoms with Crippen molar-refractivity contribution < 1.29 is 22.7 Å². The summed E-state index contributed by atoms with van der Waals surface area (Å²) in [7, 11) is 0. The number of aryl methyl sites for hydroxylation is 1. The predicted octanol–water partition coefficient (Wildman–Crippen LogP) is 3.00. The molecule has 4 N–H and O–H groups in total. The molecular formula is C25H25F3N8O2. The first-order valence-corrected chi connectivity index (χ1v) is 11.6. The summed E-state index contributed by atoms with van der Waals surface area (Å²) < 4.78 is 48.9. The summed E-state index contributed by atoms with van der Waals surface area (Å²) in [5, 5.41) is 9.53. The lowest BCUT2D eigenvalue weighted by Crippen LogP contribution is -2.28. The molecule has 0 unspecified atom stereocenters. The Hall–Kier alpha value is -4.41. The zero-order valence-corrected chi connectivity index (χ0v) is 20.4. The van der Waals surface area contributed by atoms with Crippen LogP contribution in [0.2, 0.25) is 0 Å². The monoisotopic (exact) mass is 526 g/mol. The summed E-state index contributed by atoms with van der Waals surface area (Å²) in [6, 6.07) is 5.13. The number of terminal acetylenes is 1. The third kappa shape index (κ3) is 5.77. The zero-order chi connectivity index (χ0) is 27.3. The van der Waals surface area contributed by atoms with Crippen LogP contribution in [0.15, 0.2) is 43.0 Å². The molecule has 0 atom stereocenters. The topological polar surface area (TPSA) is 124 Å². The third-order valence-corrected chi connectivity index (χ3v) is 5.52. The average Bonchev–Trinajstić information content (AvgIpc) is 3.49. The molecule has 4 rings (SSSR count). The molecule has 1 amide bonds. The van der Waals surface area contributed by atoms with E-state index in [-0.39, 0.29) is 23.7 Å². The van der Waals surface area contributed by atoms with Crippen LogP contribution in [0.5, 0.6) is 0 Å². The number of carbonyl (C=O) groups is 1. The molecule has 0 spiro atoms. The van der Waals surface area contributed by atoms with Gasteiger partial charge >= 0.3 is 6.18 Å². The van der Waals surface area contributed by atoms with E-state index < -0.39 is 11.9 Å². The Kier molecular flexibility index (Phi) is 7.94. The van der Waals surface area contributed by atoms with Crippen LogP contribution in [0.1, 0.15) is 21.6 Å². The number of aromatic nitrogens is 5. The van der Waals surface area contributed by atoms with E-state index in [1.54, 1.807) is 25.1 Å². The predicted molar refractivity (Wildman–Crippen MR) is 135 cm³/mol. The fourth-order valence-electron chi connectivity index (χ4n) is 3.85. The van der Waals surface area contributed by atoms with E-state index in [2.05, 4.69) is 31.6 Å². The summed E-state index contributed by atoms with van der Waals surface area (Å²) in [6.45, 7) is 3.23. The Balaban J connectivity index is 1.58. The maximum atomic E-state index is 13.7. The molecule has 0 aliphatic heterocycles. The Bertz CT molecular complexity index is 1490. The standard InChI is InChI=1S/C25H25F3N8O2/c1-3-9-35-15-19(21(34-35)25(26,27)28)20-14-32-23-22(30-7-10-36(20)23)33-17-4-5-18(16(2)13-17)24(37)31-8-12-38-11-6-29/h1,4-5,7,10,13-15H,6,8-9,11-12,29H2,2H3,(H,30,33)(H,31,37). The Morgan fingerprint density at radius 1 is 1.26 bits per heavy atom. The fourth-order valence-corrected chi connectivity index (χ4v) is 3.85. The van der Waals surface area contributed by atoms with Gasteiger partial charge in [0.25, 0.3) is 5.91 Å². The van der Waals surface area contributed by atoms with Crippen molar-refractivity contribution in [3.63, 3.8) is 0 Å². The summed E-state index contributed by atoms with van der Waals surface area (Å²) in [6.07, 6.45) is 6.09. The number of nitrogens with two attached hydrogens (primary N) is 1. The second-order valence-corrected chi connectivity index (χ2v) is 8.22. The summed E-state index contributed by atoms with van der Waals surface area (Å²) in [5.41, 5.74) is 6.45. The number of hydrogen-bond acceptors (Lipinski definition) is 7. The molecule has 0 saturated heterocycles. The first-order valence-electron chi connectivity index (χ1n) is 11.6. The Labute approximate surface area is 216 Å². The van der Waals surface area contributed by atoms with E-state index in [0.717, 1.165) is 4.68 Å². The molecule has 0 radical (unpaired) electrons. The van der Waals surface area contributed by atoms with E-state index >= 15 is 0 Å². The maximum Gasteiger partial charge on any atom is 0.435 e. The third-order valence-electron chi connectivity index (χ3n) is 5.52. The van der Waals surface area contributed by atoms with Crippen LogP contribution < -0.4 is 16.4 Å². The van der Waals surface area contributed by atoms with Gasteiger partial charge in [-0.2, -0.15) is 18.3 Å². The lowest BCUT2D eigenvalue weighted by molar-refractivity contribution is -0.141. The number of nitrogens with one attached hydrogen (secondary N) is 2. The Morgan fingerprint density at radius 2 is 2.08 bits per heavy atom. The number of amides is 1. The highest BCUT2D eigenvalue weighted by Crippen LogP contribution is 2.36. The van der Waals surface area contributed by atoms with Crippen LogP contribution in [0.4, 0.5) is 24.7 Å². The van der Waals surface area contributed by atoms with Gasteiger partial charge in [-0.15, -0.1) is 6.42 Å². The van der Waals surface area contributed by atoms with Crippen LogP contribution in [0.3, 0.4) is 0 Å². The number of carbonyl (C=O) groups excluding carboxylic acids is 1. The van der Waals surface area contributed by atoms with Crippen molar-refractivity contribution in [2.75, 3.05) is 31.6 Å². The molecule has 0 bridgehead atoms.